The van der Waals surface area contributed by atoms with Crippen LogP contribution < -0.4 is 10.1 Å². The molecule has 0 bridgehead atoms. The first kappa shape index (κ1) is 26.5. The number of fused-ring (bicyclic) bond motifs is 1. The first-order valence-corrected chi connectivity index (χ1v) is 12.8. The van der Waals surface area contributed by atoms with E-state index in [-0.39, 0.29) is 42.9 Å². The molecule has 2 saturated heterocycles. The number of amides is 4. The molecule has 9 heteroatoms. The van der Waals surface area contributed by atoms with Gasteiger partial charge >= 0.3 is 6.03 Å². The van der Waals surface area contributed by atoms with E-state index in [1.165, 1.54) is 0 Å². The number of nitrogens with one attached hydrogen (secondary N) is 1. The smallest absolute Gasteiger partial charge is 0.334 e. The summed E-state index contributed by atoms with van der Waals surface area (Å²) in [7, 11) is 3.35. The number of hydrogen-bond donors (Lipinski definition) is 1. The minimum Gasteiger partial charge on any atom is -0.497 e. The van der Waals surface area contributed by atoms with Gasteiger partial charge in [-0.3, -0.25) is 9.59 Å². The molecule has 9 nitrogen and oxygen atoms in total. The second kappa shape index (κ2) is 11.2. The molecule has 1 N–H and O–H groups in total. The van der Waals surface area contributed by atoms with Crippen molar-refractivity contribution in [2.75, 3.05) is 27.2 Å². The van der Waals surface area contributed by atoms with Crippen molar-refractivity contribution < 1.29 is 19.1 Å². The van der Waals surface area contributed by atoms with Gasteiger partial charge in [-0.1, -0.05) is 56.3 Å². The Morgan fingerprint density at radius 3 is 2.35 bits per heavy atom. The zero-order valence-corrected chi connectivity index (χ0v) is 22.3. The third-order valence-corrected chi connectivity index (χ3v) is 7.14. The van der Waals surface area contributed by atoms with Crippen LogP contribution in [0.15, 0.2) is 54.6 Å². The standard InChI is InChI=1S/C28H37N5O4/c1-19(2)15-24-27(35)31(20(3)22-9-7-6-8-10-22)17-25-32(24)26(34)18-30(4)33(25)28(36)29-16-21-11-13-23(37-5)14-12-21/h6-14,19-20,24-25H,15-18H2,1-5H3,(H,29,36)/t20?,24-,25-/m0/s1. The van der Waals surface area contributed by atoms with Crippen molar-refractivity contribution in [3.8, 4) is 5.75 Å². The zero-order valence-electron chi connectivity index (χ0n) is 22.3. The highest BCUT2D eigenvalue weighted by molar-refractivity contribution is 5.91. The van der Waals surface area contributed by atoms with Crippen molar-refractivity contribution in [3.05, 3.63) is 65.7 Å². The normalized spacial score (nSPS) is 21.2. The van der Waals surface area contributed by atoms with Gasteiger partial charge in [0.2, 0.25) is 11.8 Å². The number of methoxy groups -OCH3 is 1. The molecule has 0 aromatic heterocycles. The van der Waals surface area contributed by atoms with Crippen LogP contribution in [-0.2, 0) is 16.1 Å². The molecule has 2 aliphatic rings. The molecule has 2 heterocycles. The van der Waals surface area contributed by atoms with E-state index < -0.39 is 12.2 Å². The topological polar surface area (TPSA) is 85.4 Å². The van der Waals surface area contributed by atoms with E-state index in [0.717, 1.165) is 16.9 Å². The third-order valence-electron chi connectivity index (χ3n) is 7.14. The number of piperazine rings is 1. The summed E-state index contributed by atoms with van der Waals surface area (Å²) < 4.78 is 5.21. The van der Waals surface area contributed by atoms with Crippen molar-refractivity contribution in [2.24, 2.45) is 5.92 Å². The Morgan fingerprint density at radius 1 is 1.05 bits per heavy atom. The fourth-order valence-electron chi connectivity index (χ4n) is 5.20. The van der Waals surface area contributed by atoms with Crippen LogP contribution in [0.3, 0.4) is 0 Å². The predicted octanol–water partition coefficient (Wildman–Crippen LogP) is 3.24. The highest BCUT2D eigenvalue weighted by atomic mass is 16.5. The van der Waals surface area contributed by atoms with Gasteiger partial charge in [0.1, 0.15) is 18.0 Å². The zero-order chi connectivity index (χ0) is 26.7. The maximum absolute atomic E-state index is 13.8. The first-order valence-electron chi connectivity index (χ1n) is 12.8. The maximum Gasteiger partial charge on any atom is 0.334 e. The molecule has 37 heavy (non-hydrogen) atoms. The number of ether oxygens (including phenoxy) is 1. The SMILES string of the molecule is COc1ccc(CNC(=O)N2[C@H]3CN(C(C)c4ccccc4)C(=O)[C@H](CC(C)C)N3C(=O)CN2C)cc1. The molecule has 0 spiro atoms. The Morgan fingerprint density at radius 2 is 1.73 bits per heavy atom. The van der Waals surface area contributed by atoms with Gasteiger partial charge in [-0.15, -0.1) is 0 Å². The van der Waals surface area contributed by atoms with Crippen LogP contribution in [0, 0.1) is 5.92 Å². The second-order valence-electron chi connectivity index (χ2n) is 10.2. The molecule has 0 aliphatic carbocycles. The second-order valence-corrected chi connectivity index (χ2v) is 10.2. The summed E-state index contributed by atoms with van der Waals surface area (Å²) in [5.74, 6) is 0.734. The molecule has 2 aromatic rings. The van der Waals surface area contributed by atoms with Crippen LogP contribution in [0.25, 0.3) is 0 Å². The van der Waals surface area contributed by atoms with E-state index in [1.807, 2.05) is 80.3 Å². The highest BCUT2D eigenvalue weighted by Gasteiger charge is 2.51. The van der Waals surface area contributed by atoms with Crippen molar-refractivity contribution in [2.45, 2.75) is 52.0 Å². The Bertz CT molecular complexity index is 1110. The third kappa shape index (κ3) is 5.56. The summed E-state index contributed by atoms with van der Waals surface area (Å²) >= 11 is 0. The lowest BCUT2D eigenvalue weighted by molar-refractivity contribution is -0.190. The van der Waals surface area contributed by atoms with Gasteiger partial charge in [0, 0.05) is 13.6 Å². The Kier molecular flexibility index (Phi) is 8.02. The number of likely N-dealkylation sites (N-methyl/N-ethyl adjacent to an activating group) is 1. The number of benzene rings is 2. The molecule has 2 fully saturated rings. The predicted molar refractivity (Wildman–Crippen MR) is 140 cm³/mol. The summed E-state index contributed by atoms with van der Waals surface area (Å²) in [4.78, 5) is 44.1. The van der Waals surface area contributed by atoms with Crippen LogP contribution in [0.2, 0.25) is 0 Å². The molecule has 3 atom stereocenters. The lowest BCUT2D eigenvalue weighted by Gasteiger charge is -2.55. The summed E-state index contributed by atoms with van der Waals surface area (Å²) in [6.07, 6.45) is -0.0703. The minimum atomic E-state index is -0.622. The van der Waals surface area contributed by atoms with Crippen molar-refractivity contribution >= 4 is 17.8 Å². The van der Waals surface area contributed by atoms with Gasteiger partial charge in [0.15, 0.2) is 0 Å². The van der Waals surface area contributed by atoms with Gasteiger partial charge in [0.05, 0.1) is 26.2 Å². The monoisotopic (exact) mass is 507 g/mol. The maximum atomic E-state index is 13.8. The van der Waals surface area contributed by atoms with Crippen molar-refractivity contribution in [1.29, 1.82) is 0 Å². The van der Waals surface area contributed by atoms with Gasteiger partial charge in [-0.05, 0) is 42.5 Å². The molecule has 2 aromatic carbocycles. The number of rotatable bonds is 7. The van der Waals surface area contributed by atoms with Crippen LogP contribution >= 0.6 is 0 Å². The summed E-state index contributed by atoms with van der Waals surface area (Å²) in [6.45, 7) is 6.67. The highest BCUT2D eigenvalue weighted by Crippen LogP contribution is 2.33. The molecule has 1 unspecified atom stereocenters. The van der Waals surface area contributed by atoms with Gasteiger partial charge in [-0.25, -0.2) is 14.8 Å². The van der Waals surface area contributed by atoms with Crippen molar-refractivity contribution in [3.63, 3.8) is 0 Å². The fourth-order valence-corrected chi connectivity index (χ4v) is 5.20. The summed E-state index contributed by atoms with van der Waals surface area (Å²) in [6, 6.07) is 16.2. The largest absolute Gasteiger partial charge is 0.497 e. The molecule has 2 aliphatic heterocycles. The molecular formula is C28H37N5O4. The van der Waals surface area contributed by atoms with Crippen LogP contribution in [-0.4, -0.2) is 77.1 Å². The van der Waals surface area contributed by atoms with E-state index >= 15 is 0 Å². The Labute approximate surface area is 218 Å². The van der Waals surface area contributed by atoms with Gasteiger partial charge in [0.25, 0.3) is 0 Å². The number of carbonyl (C=O) groups excluding carboxylic acids is 3. The van der Waals surface area contributed by atoms with Crippen LogP contribution in [0.1, 0.15) is 44.4 Å². The molecule has 198 valence electrons. The van der Waals surface area contributed by atoms with E-state index in [2.05, 4.69) is 5.32 Å². The molecule has 4 rings (SSSR count). The summed E-state index contributed by atoms with van der Waals surface area (Å²) in [5.41, 5.74) is 1.94. The first-order chi connectivity index (χ1) is 17.7. The van der Waals surface area contributed by atoms with Gasteiger partial charge < -0.3 is 19.9 Å². The number of urea groups is 1. The van der Waals surface area contributed by atoms with Crippen LogP contribution in [0.5, 0.6) is 5.75 Å². The molecule has 0 radical (unpaired) electrons. The van der Waals surface area contributed by atoms with Gasteiger partial charge in [-0.2, -0.15) is 0 Å². The summed E-state index contributed by atoms with van der Waals surface area (Å²) in [5, 5.41) is 6.24. The average Bonchev–Trinajstić information content (AvgIpc) is 2.88. The van der Waals surface area contributed by atoms with E-state index in [1.54, 1.807) is 29.1 Å². The molecule has 4 amide bonds. The Balaban J connectivity index is 1.61. The quantitative estimate of drug-likeness (QED) is 0.622. The van der Waals surface area contributed by atoms with E-state index in [0.29, 0.717) is 13.0 Å². The lowest BCUT2D eigenvalue weighted by atomic mass is 9.95. The fraction of sp³-hybridized carbons (Fsp3) is 0.464. The Hall–Kier alpha value is -3.59. The van der Waals surface area contributed by atoms with E-state index in [9.17, 15) is 14.4 Å². The number of carbonyl (C=O) groups is 3. The lowest BCUT2D eigenvalue weighted by Crippen LogP contribution is -2.76. The molecule has 0 saturated carbocycles. The number of nitrogens with zero attached hydrogens (tertiary/aromatic N) is 4. The molecular weight excluding hydrogens is 470 g/mol. The van der Waals surface area contributed by atoms with E-state index in [4.69, 9.17) is 4.74 Å². The van der Waals surface area contributed by atoms with Crippen LogP contribution in [0.4, 0.5) is 4.79 Å². The number of hydrogen-bond acceptors (Lipinski definition) is 5. The van der Waals surface area contributed by atoms with Crippen molar-refractivity contribution in [1.82, 2.24) is 25.1 Å². The number of hydrazine groups is 1. The average molecular weight is 508 g/mol. The minimum absolute atomic E-state index is 0.0303.